The maximum absolute atomic E-state index is 12.3. The Bertz CT molecular complexity index is 699. The molecule has 0 bridgehead atoms. The summed E-state index contributed by atoms with van der Waals surface area (Å²) in [6.45, 7) is 2.98. The second kappa shape index (κ2) is 8.67. The molecule has 0 unspecified atom stereocenters. The number of benzene rings is 1. The number of pyridine rings is 1. The van der Waals surface area contributed by atoms with E-state index in [1.165, 1.54) is 7.11 Å². The Hall–Kier alpha value is -2.89. The zero-order chi connectivity index (χ0) is 17.4. The van der Waals surface area contributed by atoms with Crippen LogP contribution in [0.3, 0.4) is 0 Å². The fourth-order valence-corrected chi connectivity index (χ4v) is 2.08. The Morgan fingerprint density at radius 3 is 2.54 bits per heavy atom. The zero-order valence-electron chi connectivity index (χ0n) is 13.8. The van der Waals surface area contributed by atoms with Gasteiger partial charge < -0.3 is 15.4 Å². The summed E-state index contributed by atoms with van der Waals surface area (Å²) in [5.74, 6) is -0.722. The number of carbonyl (C=O) groups is 2. The van der Waals surface area contributed by atoms with Crippen LogP contribution in [0.1, 0.15) is 40.6 Å². The summed E-state index contributed by atoms with van der Waals surface area (Å²) in [6, 6.07) is 10.0. The van der Waals surface area contributed by atoms with Crippen LogP contribution < -0.4 is 10.6 Å². The Morgan fingerprint density at radius 2 is 1.88 bits per heavy atom. The second-order valence-electron chi connectivity index (χ2n) is 5.23. The average molecular weight is 327 g/mol. The number of aromatic nitrogens is 1. The minimum atomic E-state index is -0.416. The lowest BCUT2D eigenvalue weighted by Crippen LogP contribution is -2.14. The molecule has 6 heteroatoms. The molecule has 1 heterocycles. The van der Waals surface area contributed by atoms with Crippen LogP contribution in [0.5, 0.6) is 0 Å². The van der Waals surface area contributed by atoms with Crippen LogP contribution in [-0.4, -0.2) is 30.5 Å². The van der Waals surface area contributed by atoms with Gasteiger partial charge in [-0.1, -0.05) is 13.3 Å². The largest absolute Gasteiger partial charge is 0.465 e. The molecule has 0 saturated carbocycles. The van der Waals surface area contributed by atoms with E-state index in [9.17, 15) is 9.59 Å². The van der Waals surface area contributed by atoms with Crippen LogP contribution in [0.2, 0.25) is 0 Å². The van der Waals surface area contributed by atoms with Gasteiger partial charge in [0, 0.05) is 24.1 Å². The third-order valence-corrected chi connectivity index (χ3v) is 3.42. The molecular weight excluding hydrogens is 306 g/mol. The summed E-state index contributed by atoms with van der Waals surface area (Å²) >= 11 is 0. The predicted molar refractivity (Wildman–Crippen MR) is 93.4 cm³/mol. The number of nitrogens with zero attached hydrogens (tertiary/aromatic N) is 1. The second-order valence-corrected chi connectivity index (χ2v) is 5.23. The summed E-state index contributed by atoms with van der Waals surface area (Å²) < 4.78 is 4.64. The van der Waals surface area contributed by atoms with Gasteiger partial charge in [-0.15, -0.1) is 0 Å². The van der Waals surface area contributed by atoms with Gasteiger partial charge in [-0.2, -0.15) is 0 Å². The number of amides is 1. The van der Waals surface area contributed by atoms with E-state index in [2.05, 4.69) is 27.3 Å². The van der Waals surface area contributed by atoms with Crippen molar-refractivity contribution in [3.8, 4) is 0 Å². The van der Waals surface area contributed by atoms with Gasteiger partial charge in [0.05, 0.1) is 12.7 Å². The maximum atomic E-state index is 12.3. The first kappa shape index (κ1) is 17.5. The molecule has 24 heavy (non-hydrogen) atoms. The van der Waals surface area contributed by atoms with Crippen molar-refractivity contribution in [2.45, 2.75) is 19.8 Å². The number of hydrogen-bond acceptors (Lipinski definition) is 5. The predicted octanol–water partition coefficient (Wildman–Crippen LogP) is 3.33. The van der Waals surface area contributed by atoms with Crippen LogP contribution in [0, 0.1) is 0 Å². The average Bonchev–Trinajstić information content (AvgIpc) is 2.62. The first-order valence-corrected chi connectivity index (χ1v) is 7.83. The van der Waals surface area contributed by atoms with E-state index >= 15 is 0 Å². The number of carbonyl (C=O) groups excluding carboxylic acids is 2. The molecule has 1 aromatic carbocycles. The minimum Gasteiger partial charge on any atom is -0.465 e. The molecule has 126 valence electrons. The molecule has 0 spiro atoms. The van der Waals surface area contributed by atoms with Gasteiger partial charge in [-0.3, -0.25) is 9.78 Å². The lowest BCUT2D eigenvalue weighted by atomic mass is 10.2. The summed E-state index contributed by atoms with van der Waals surface area (Å²) in [4.78, 5) is 27.8. The van der Waals surface area contributed by atoms with Gasteiger partial charge in [0.15, 0.2) is 0 Å². The van der Waals surface area contributed by atoms with E-state index in [4.69, 9.17) is 0 Å². The van der Waals surface area contributed by atoms with Crippen molar-refractivity contribution < 1.29 is 14.3 Å². The molecule has 6 nitrogen and oxygen atoms in total. The quantitative estimate of drug-likeness (QED) is 0.602. The monoisotopic (exact) mass is 327 g/mol. The summed E-state index contributed by atoms with van der Waals surface area (Å²) in [7, 11) is 1.32. The molecule has 0 aliphatic rings. The summed E-state index contributed by atoms with van der Waals surface area (Å²) in [5.41, 5.74) is 2.20. The molecule has 0 aliphatic heterocycles. The molecule has 0 saturated heterocycles. The maximum Gasteiger partial charge on any atom is 0.337 e. The van der Waals surface area contributed by atoms with Gasteiger partial charge in [-0.05, 0) is 42.8 Å². The molecule has 1 aromatic heterocycles. The lowest BCUT2D eigenvalue weighted by Gasteiger charge is -2.08. The number of ether oxygens (including phenoxy) is 1. The van der Waals surface area contributed by atoms with Crippen LogP contribution in [0.15, 0.2) is 42.6 Å². The molecular formula is C18H21N3O3. The van der Waals surface area contributed by atoms with Crippen molar-refractivity contribution in [2.24, 2.45) is 0 Å². The number of rotatable bonds is 7. The van der Waals surface area contributed by atoms with Crippen molar-refractivity contribution in [3.63, 3.8) is 0 Å². The first-order chi connectivity index (χ1) is 11.6. The fraction of sp³-hybridized carbons (Fsp3) is 0.278. The van der Waals surface area contributed by atoms with Gasteiger partial charge >= 0.3 is 5.97 Å². The highest BCUT2D eigenvalue weighted by Gasteiger charge is 2.10. The summed E-state index contributed by atoms with van der Waals surface area (Å²) in [5, 5.41) is 6.02. The topological polar surface area (TPSA) is 80.3 Å². The van der Waals surface area contributed by atoms with Crippen molar-refractivity contribution in [2.75, 3.05) is 24.3 Å². The standard InChI is InChI=1S/C18H21N3O3/c1-3-4-10-19-15-9-11-20-16(12-15)17(22)21-14-7-5-13(6-8-14)18(23)24-2/h5-9,11-12H,3-4,10H2,1-2H3,(H,19,20)(H,21,22). The SMILES string of the molecule is CCCCNc1ccnc(C(=O)Nc2ccc(C(=O)OC)cc2)c1. The van der Waals surface area contributed by atoms with E-state index in [1.807, 2.05) is 6.07 Å². The van der Waals surface area contributed by atoms with E-state index in [0.717, 1.165) is 25.1 Å². The number of unbranched alkanes of at least 4 members (excludes halogenated alkanes) is 1. The van der Waals surface area contributed by atoms with Crippen molar-refractivity contribution in [1.82, 2.24) is 4.98 Å². The van der Waals surface area contributed by atoms with Gasteiger partial charge in [-0.25, -0.2) is 4.79 Å². The van der Waals surface area contributed by atoms with Crippen molar-refractivity contribution in [3.05, 3.63) is 53.9 Å². The van der Waals surface area contributed by atoms with E-state index in [1.54, 1.807) is 36.5 Å². The highest BCUT2D eigenvalue weighted by atomic mass is 16.5. The van der Waals surface area contributed by atoms with Gasteiger partial charge in [0.2, 0.25) is 0 Å². The summed E-state index contributed by atoms with van der Waals surface area (Å²) in [6.07, 6.45) is 3.77. The Morgan fingerprint density at radius 1 is 1.12 bits per heavy atom. The lowest BCUT2D eigenvalue weighted by molar-refractivity contribution is 0.0600. The Kier molecular flexibility index (Phi) is 6.31. The molecule has 0 aliphatic carbocycles. The molecule has 0 fully saturated rings. The van der Waals surface area contributed by atoms with Crippen LogP contribution in [-0.2, 0) is 4.74 Å². The zero-order valence-corrected chi connectivity index (χ0v) is 13.8. The van der Waals surface area contributed by atoms with E-state index < -0.39 is 5.97 Å². The van der Waals surface area contributed by atoms with E-state index in [0.29, 0.717) is 16.9 Å². The number of hydrogen-bond donors (Lipinski definition) is 2. The van der Waals surface area contributed by atoms with Gasteiger partial charge in [0.1, 0.15) is 5.69 Å². The number of nitrogens with one attached hydrogen (secondary N) is 2. The molecule has 2 aromatic rings. The highest BCUT2D eigenvalue weighted by molar-refractivity contribution is 6.03. The van der Waals surface area contributed by atoms with Crippen LogP contribution in [0.25, 0.3) is 0 Å². The molecule has 2 N–H and O–H groups in total. The van der Waals surface area contributed by atoms with Crippen molar-refractivity contribution >= 4 is 23.3 Å². The van der Waals surface area contributed by atoms with Crippen molar-refractivity contribution in [1.29, 1.82) is 0 Å². The molecule has 1 amide bonds. The Labute approximate surface area is 141 Å². The smallest absolute Gasteiger partial charge is 0.337 e. The minimum absolute atomic E-state index is 0.306. The number of anilines is 2. The molecule has 2 rings (SSSR count). The third-order valence-electron chi connectivity index (χ3n) is 3.42. The van der Waals surface area contributed by atoms with E-state index in [-0.39, 0.29) is 5.91 Å². The highest BCUT2D eigenvalue weighted by Crippen LogP contribution is 2.13. The fourth-order valence-electron chi connectivity index (χ4n) is 2.08. The molecule has 0 radical (unpaired) electrons. The third kappa shape index (κ3) is 4.81. The van der Waals surface area contributed by atoms with Crippen LogP contribution >= 0.6 is 0 Å². The number of methoxy groups -OCH3 is 1. The number of esters is 1. The van der Waals surface area contributed by atoms with Gasteiger partial charge in [0.25, 0.3) is 5.91 Å². The normalized spacial score (nSPS) is 10.1. The Balaban J connectivity index is 2.01. The molecule has 0 atom stereocenters. The first-order valence-electron chi connectivity index (χ1n) is 7.83. The van der Waals surface area contributed by atoms with Crippen LogP contribution in [0.4, 0.5) is 11.4 Å².